The Labute approximate surface area is 164 Å². The third-order valence-corrected chi connectivity index (χ3v) is 4.88. The first-order valence-electron chi connectivity index (χ1n) is 9.25. The highest BCUT2D eigenvalue weighted by Crippen LogP contribution is 2.24. The molecule has 3 rings (SSSR count). The minimum Gasteiger partial charge on any atom is -0.478 e. The fourth-order valence-electron chi connectivity index (χ4n) is 3.47. The average Bonchev–Trinajstić information content (AvgIpc) is 2.71. The molecule has 3 aromatic carbocycles. The number of benzene rings is 3. The zero-order valence-electron chi connectivity index (χ0n) is 15.5. The zero-order valence-corrected chi connectivity index (χ0v) is 15.5. The molecule has 2 N–H and O–H groups in total. The number of carboxylic acids is 2. The van der Waals surface area contributed by atoms with Gasteiger partial charge in [-0.15, -0.1) is 0 Å². The van der Waals surface area contributed by atoms with Crippen LogP contribution in [0.15, 0.2) is 72.8 Å². The second-order valence-corrected chi connectivity index (χ2v) is 6.71. The second kappa shape index (κ2) is 9.00. The van der Waals surface area contributed by atoms with E-state index in [1.54, 1.807) is 6.07 Å². The average molecular weight is 374 g/mol. The van der Waals surface area contributed by atoms with Gasteiger partial charge < -0.3 is 10.2 Å². The molecule has 0 saturated carbocycles. The highest BCUT2D eigenvalue weighted by atomic mass is 16.4. The first kappa shape index (κ1) is 19.4. The van der Waals surface area contributed by atoms with Gasteiger partial charge in [0, 0.05) is 0 Å². The lowest BCUT2D eigenvalue weighted by atomic mass is 9.89. The summed E-state index contributed by atoms with van der Waals surface area (Å²) in [6, 6.07) is 22.7. The van der Waals surface area contributed by atoms with Crippen LogP contribution in [0.5, 0.6) is 0 Å². The number of hydrogen-bond donors (Lipinski definition) is 2. The molecule has 0 saturated heterocycles. The largest absolute Gasteiger partial charge is 0.478 e. The molecule has 0 fully saturated rings. The molecule has 4 heteroatoms. The van der Waals surface area contributed by atoms with Gasteiger partial charge in [0.2, 0.25) is 0 Å². The van der Waals surface area contributed by atoms with E-state index in [1.807, 2.05) is 60.7 Å². The third-order valence-electron chi connectivity index (χ3n) is 4.88. The van der Waals surface area contributed by atoms with Crippen molar-refractivity contribution in [2.24, 2.45) is 0 Å². The van der Waals surface area contributed by atoms with Crippen LogP contribution in [-0.2, 0) is 25.7 Å². The molecule has 0 atom stereocenters. The number of hydrogen-bond acceptors (Lipinski definition) is 2. The normalized spacial score (nSPS) is 10.6. The van der Waals surface area contributed by atoms with E-state index in [4.69, 9.17) is 0 Å². The Bertz CT molecular complexity index is 963. The predicted molar refractivity (Wildman–Crippen MR) is 108 cm³/mol. The Morgan fingerprint density at radius 1 is 0.607 bits per heavy atom. The van der Waals surface area contributed by atoms with Gasteiger partial charge in [-0.05, 0) is 54.0 Å². The molecule has 0 unspecified atom stereocenters. The molecule has 0 aliphatic heterocycles. The number of aromatic carboxylic acids is 2. The molecule has 0 aromatic heterocycles. The molecule has 0 heterocycles. The van der Waals surface area contributed by atoms with Crippen LogP contribution in [0.3, 0.4) is 0 Å². The van der Waals surface area contributed by atoms with Gasteiger partial charge in [0.05, 0.1) is 11.1 Å². The first-order valence-corrected chi connectivity index (χ1v) is 9.25. The minimum atomic E-state index is -1.10. The van der Waals surface area contributed by atoms with E-state index in [-0.39, 0.29) is 11.1 Å². The summed E-state index contributed by atoms with van der Waals surface area (Å²) >= 11 is 0. The van der Waals surface area contributed by atoms with Crippen LogP contribution >= 0.6 is 0 Å². The Morgan fingerprint density at radius 2 is 1.14 bits per heavy atom. The van der Waals surface area contributed by atoms with Crippen molar-refractivity contribution < 1.29 is 19.8 Å². The van der Waals surface area contributed by atoms with Gasteiger partial charge in [-0.2, -0.15) is 0 Å². The van der Waals surface area contributed by atoms with Gasteiger partial charge >= 0.3 is 11.9 Å². The summed E-state index contributed by atoms with van der Waals surface area (Å²) in [5, 5.41) is 19.4. The summed E-state index contributed by atoms with van der Waals surface area (Å²) in [4.78, 5) is 23.8. The quantitative estimate of drug-likeness (QED) is 0.602. The summed E-state index contributed by atoms with van der Waals surface area (Å²) in [6.07, 6.45) is 2.20. The maximum absolute atomic E-state index is 12.0. The maximum atomic E-state index is 12.0. The molecule has 28 heavy (non-hydrogen) atoms. The van der Waals surface area contributed by atoms with Crippen molar-refractivity contribution in [1.29, 1.82) is 0 Å². The molecule has 4 nitrogen and oxygen atoms in total. The lowest BCUT2D eigenvalue weighted by Gasteiger charge is -2.15. The van der Waals surface area contributed by atoms with Crippen molar-refractivity contribution in [3.8, 4) is 0 Å². The van der Waals surface area contributed by atoms with Crippen LogP contribution < -0.4 is 0 Å². The Kier molecular flexibility index (Phi) is 6.22. The molecule has 0 aliphatic rings. The fourth-order valence-corrected chi connectivity index (χ4v) is 3.47. The molecular weight excluding hydrogens is 352 g/mol. The molecule has 0 bridgehead atoms. The Hall–Kier alpha value is -3.40. The monoisotopic (exact) mass is 374 g/mol. The summed E-state index contributed by atoms with van der Waals surface area (Å²) in [5.74, 6) is -2.17. The van der Waals surface area contributed by atoms with Crippen molar-refractivity contribution in [2.75, 3.05) is 0 Å². The van der Waals surface area contributed by atoms with Crippen molar-refractivity contribution in [3.05, 3.63) is 106 Å². The van der Waals surface area contributed by atoms with E-state index < -0.39 is 11.9 Å². The van der Waals surface area contributed by atoms with Crippen LogP contribution in [0.2, 0.25) is 0 Å². The van der Waals surface area contributed by atoms with Crippen LogP contribution in [0.25, 0.3) is 0 Å². The lowest BCUT2D eigenvalue weighted by molar-refractivity contribution is 0.0694. The zero-order chi connectivity index (χ0) is 19.9. The van der Waals surface area contributed by atoms with E-state index in [9.17, 15) is 19.8 Å². The Balaban J connectivity index is 1.94. The van der Waals surface area contributed by atoms with Gasteiger partial charge in [-0.3, -0.25) is 0 Å². The first-order chi connectivity index (χ1) is 13.6. The van der Waals surface area contributed by atoms with E-state index in [1.165, 1.54) is 6.07 Å². The fraction of sp³-hybridized carbons (Fsp3) is 0.167. The second-order valence-electron chi connectivity index (χ2n) is 6.71. The van der Waals surface area contributed by atoms with Crippen molar-refractivity contribution in [2.45, 2.75) is 25.7 Å². The molecular formula is C24H22O4. The molecule has 142 valence electrons. The maximum Gasteiger partial charge on any atom is 0.336 e. The number of carboxylic acid groups (broad SMARTS) is 2. The van der Waals surface area contributed by atoms with Gasteiger partial charge in [0.15, 0.2) is 0 Å². The van der Waals surface area contributed by atoms with Gasteiger partial charge in [0.1, 0.15) is 0 Å². The summed E-state index contributed by atoms with van der Waals surface area (Å²) in [7, 11) is 0. The number of aryl methyl sites for hydroxylation is 3. The van der Waals surface area contributed by atoms with E-state index in [2.05, 4.69) is 0 Å². The van der Waals surface area contributed by atoms with Gasteiger partial charge in [0.25, 0.3) is 0 Å². The topological polar surface area (TPSA) is 74.6 Å². The van der Waals surface area contributed by atoms with E-state index in [0.717, 1.165) is 11.1 Å². The number of rotatable bonds is 8. The minimum absolute atomic E-state index is 0.0665. The van der Waals surface area contributed by atoms with Crippen molar-refractivity contribution in [1.82, 2.24) is 0 Å². The van der Waals surface area contributed by atoms with Crippen molar-refractivity contribution >= 4 is 11.9 Å². The SMILES string of the molecule is O=C(O)c1ccc(CCc2ccccc2)c(C(=O)O)c1CCc1ccccc1. The smallest absolute Gasteiger partial charge is 0.336 e. The van der Waals surface area contributed by atoms with Crippen LogP contribution in [0.4, 0.5) is 0 Å². The molecule has 0 aliphatic carbocycles. The van der Waals surface area contributed by atoms with Crippen molar-refractivity contribution in [3.63, 3.8) is 0 Å². The van der Waals surface area contributed by atoms with Crippen LogP contribution in [-0.4, -0.2) is 22.2 Å². The number of carbonyl (C=O) groups is 2. The molecule has 0 amide bonds. The van der Waals surface area contributed by atoms with Gasteiger partial charge in [-0.25, -0.2) is 9.59 Å². The lowest BCUT2D eigenvalue weighted by Crippen LogP contribution is -2.14. The van der Waals surface area contributed by atoms with Crippen LogP contribution in [0, 0.1) is 0 Å². The van der Waals surface area contributed by atoms with E-state index >= 15 is 0 Å². The predicted octanol–water partition coefficient (Wildman–Crippen LogP) is 4.65. The summed E-state index contributed by atoms with van der Waals surface area (Å²) in [6.45, 7) is 0. The molecule has 3 aromatic rings. The molecule has 0 radical (unpaired) electrons. The summed E-state index contributed by atoms with van der Waals surface area (Å²) < 4.78 is 0. The highest BCUT2D eigenvalue weighted by Gasteiger charge is 2.22. The summed E-state index contributed by atoms with van der Waals surface area (Å²) in [5.41, 5.74) is 3.43. The van der Waals surface area contributed by atoms with Crippen LogP contribution in [0.1, 0.15) is 43.0 Å². The Morgan fingerprint density at radius 3 is 1.64 bits per heavy atom. The van der Waals surface area contributed by atoms with E-state index in [0.29, 0.717) is 36.8 Å². The molecule has 0 spiro atoms. The third kappa shape index (κ3) is 4.65. The highest BCUT2D eigenvalue weighted by molar-refractivity contribution is 5.97. The van der Waals surface area contributed by atoms with Gasteiger partial charge in [-0.1, -0.05) is 66.7 Å². The standard InChI is InChI=1S/C24H22O4/c25-23(26)21-16-14-19(13-11-17-7-3-1-4-8-17)22(24(27)28)20(21)15-12-18-9-5-2-6-10-18/h1-10,14,16H,11-13,15H2,(H,25,26)(H,27,28).